The Morgan fingerprint density at radius 2 is 1.50 bits per heavy atom. The lowest BCUT2D eigenvalue weighted by molar-refractivity contribution is -0.132. The summed E-state index contributed by atoms with van der Waals surface area (Å²) in [6, 6.07) is 0.391. The van der Waals surface area contributed by atoms with Gasteiger partial charge in [0.05, 0.1) is 0 Å². The van der Waals surface area contributed by atoms with E-state index in [1.54, 1.807) is 0 Å². The molecule has 5 unspecified atom stereocenters. The highest BCUT2D eigenvalue weighted by Gasteiger charge is 2.68. The highest BCUT2D eigenvalue weighted by Crippen LogP contribution is 2.69. The minimum absolute atomic E-state index is 0.391. The summed E-state index contributed by atoms with van der Waals surface area (Å²) in [5, 5.41) is 0. The average molecular weight is 274 g/mol. The van der Waals surface area contributed by atoms with Crippen LogP contribution in [0.2, 0.25) is 0 Å². The molecular formula is C17H26N2O. The van der Waals surface area contributed by atoms with Gasteiger partial charge in [0.25, 0.3) is 0 Å². The third kappa shape index (κ3) is 1.53. The zero-order chi connectivity index (χ0) is 13.4. The standard InChI is InChI=1S/C17H26N2O/c18-13-4-3-11-7-19(8-12(11)6-13)17(20)16-14-9-1-2-10(5-9)15(14)16/h9-16H,1-8,18H2/t9?,10?,11-,12+,13?,14?,15?,16?/m1/s1. The van der Waals surface area contributed by atoms with E-state index in [4.69, 9.17) is 5.73 Å². The van der Waals surface area contributed by atoms with Crippen molar-refractivity contribution in [1.82, 2.24) is 4.90 Å². The number of nitrogens with zero attached hydrogens (tertiary/aromatic N) is 1. The SMILES string of the molecule is NC1CC[C@@H]2CN(C(=O)C3C4C5CCC(C5)C34)C[C@@H]2C1. The second kappa shape index (κ2) is 4.00. The number of carbonyl (C=O) groups is 1. The number of hydrogen-bond acceptors (Lipinski definition) is 2. The Bertz CT molecular complexity index is 434. The molecule has 3 nitrogen and oxygen atoms in total. The molecule has 5 fully saturated rings. The van der Waals surface area contributed by atoms with Crippen LogP contribution in [0, 0.1) is 41.4 Å². The zero-order valence-electron chi connectivity index (χ0n) is 12.2. The van der Waals surface area contributed by atoms with Crippen molar-refractivity contribution in [2.75, 3.05) is 13.1 Å². The summed E-state index contributed by atoms with van der Waals surface area (Å²) in [6.07, 6.45) is 7.84. The smallest absolute Gasteiger partial charge is 0.226 e. The monoisotopic (exact) mass is 274 g/mol. The molecule has 0 radical (unpaired) electrons. The maximum absolute atomic E-state index is 12.9. The molecule has 3 heteroatoms. The quantitative estimate of drug-likeness (QED) is 0.793. The minimum Gasteiger partial charge on any atom is -0.342 e. The normalized spacial score (nSPS) is 55.8. The Morgan fingerprint density at radius 1 is 0.850 bits per heavy atom. The molecule has 1 amide bonds. The van der Waals surface area contributed by atoms with Crippen LogP contribution >= 0.6 is 0 Å². The fourth-order valence-electron chi connectivity index (χ4n) is 6.51. The Morgan fingerprint density at radius 3 is 2.25 bits per heavy atom. The number of carbonyl (C=O) groups excluding carboxylic acids is 1. The summed E-state index contributed by atoms with van der Waals surface area (Å²) >= 11 is 0. The number of likely N-dealkylation sites (tertiary alicyclic amines) is 1. The summed E-state index contributed by atoms with van der Waals surface area (Å²) in [7, 11) is 0. The molecule has 0 aromatic rings. The molecule has 1 aliphatic heterocycles. The van der Waals surface area contributed by atoms with E-state index < -0.39 is 0 Å². The van der Waals surface area contributed by atoms with E-state index in [2.05, 4.69) is 4.90 Å². The molecule has 20 heavy (non-hydrogen) atoms. The van der Waals surface area contributed by atoms with Crippen molar-refractivity contribution < 1.29 is 4.79 Å². The first kappa shape index (κ1) is 12.0. The van der Waals surface area contributed by atoms with Crippen LogP contribution in [-0.2, 0) is 4.79 Å². The summed E-state index contributed by atoms with van der Waals surface area (Å²) in [6.45, 7) is 2.06. The highest BCUT2D eigenvalue weighted by molar-refractivity contribution is 5.83. The second-order valence-electron chi connectivity index (χ2n) is 8.35. The van der Waals surface area contributed by atoms with Gasteiger partial charge in [0.1, 0.15) is 0 Å². The second-order valence-corrected chi connectivity index (χ2v) is 8.35. The molecule has 4 aliphatic carbocycles. The first-order chi connectivity index (χ1) is 9.72. The number of fused-ring (bicyclic) bond motifs is 6. The van der Waals surface area contributed by atoms with Crippen molar-refractivity contribution in [2.45, 2.75) is 44.6 Å². The Balaban J connectivity index is 1.28. The van der Waals surface area contributed by atoms with Crippen LogP contribution in [0.4, 0.5) is 0 Å². The molecule has 1 heterocycles. The van der Waals surface area contributed by atoms with Gasteiger partial charge in [-0.25, -0.2) is 0 Å². The van der Waals surface area contributed by atoms with Gasteiger partial charge in [0.2, 0.25) is 5.91 Å². The first-order valence-corrected chi connectivity index (χ1v) is 8.76. The fourth-order valence-corrected chi connectivity index (χ4v) is 6.51. The van der Waals surface area contributed by atoms with E-state index in [0.29, 0.717) is 23.8 Å². The predicted molar refractivity (Wildman–Crippen MR) is 76.7 cm³/mol. The average Bonchev–Trinajstić information content (AvgIpc) is 2.81. The van der Waals surface area contributed by atoms with E-state index in [0.717, 1.165) is 49.1 Å². The summed E-state index contributed by atoms with van der Waals surface area (Å²) in [4.78, 5) is 15.1. The molecular weight excluding hydrogens is 248 g/mol. The molecule has 4 saturated carbocycles. The third-order valence-corrected chi connectivity index (χ3v) is 7.42. The van der Waals surface area contributed by atoms with Gasteiger partial charge in [-0.2, -0.15) is 0 Å². The Hall–Kier alpha value is -0.570. The molecule has 0 spiro atoms. The van der Waals surface area contributed by atoms with E-state index in [1.807, 2.05) is 0 Å². The number of amides is 1. The summed E-state index contributed by atoms with van der Waals surface area (Å²) in [5.41, 5.74) is 6.10. The van der Waals surface area contributed by atoms with Gasteiger partial charge >= 0.3 is 0 Å². The van der Waals surface area contributed by atoms with Gasteiger partial charge in [-0.3, -0.25) is 4.79 Å². The van der Waals surface area contributed by atoms with Crippen molar-refractivity contribution >= 4 is 5.91 Å². The molecule has 0 aromatic carbocycles. The van der Waals surface area contributed by atoms with Gasteiger partial charge in [0.15, 0.2) is 0 Å². The molecule has 2 N–H and O–H groups in total. The fraction of sp³-hybridized carbons (Fsp3) is 0.941. The Labute approximate surface area is 121 Å². The lowest BCUT2D eigenvalue weighted by atomic mass is 9.79. The van der Waals surface area contributed by atoms with Gasteiger partial charge in [-0.05, 0) is 74.0 Å². The molecule has 7 atom stereocenters. The van der Waals surface area contributed by atoms with Crippen molar-refractivity contribution in [1.29, 1.82) is 0 Å². The molecule has 2 bridgehead atoms. The Kier molecular flexibility index (Phi) is 2.40. The van der Waals surface area contributed by atoms with E-state index in [9.17, 15) is 4.79 Å². The lowest BCUT2D eigenvalue weighted by Crippen LogP contribution is -2.33. The predicted octanol–water partition coefficient (Wildman–Crippen LogP) is 1.86. The molecule has 0 aromatic heterocycles. The third-order valence-electron chi connectivity index (χ3n) is 7.42. The van der Waals surface area contributed by atoms with E-state index >= 15 is 0 Å². The summed E-state index contributed by atoms with van der Waals surface area (Å²) < 4.78 is 0. The van der Waals surface area contributed by atoms with Gasteiger partial charge in [-0.15, -0.1) is 0 Å². The van der Waals surface area contributed by atoms with Gasteiger partial charge in [-0.1, -0.05) is 0 Å². The van der Waals surface area contributed by atoms with Crippen LogP contribution in [0.15, 0.2) is 0 Å². The van der Waals surface area contributed by atoms with Crippen LogP contribution in [0.5, 0.6) is 0 Å². The van der Waals surface area contributed by atoms with E-state index in [1.165, 1.54) is 32.1 Å². The highest BCUT2D eigenvalue weighted by atomic mass is 16.2. The van der Waals surface area contributed by atoms with Crippen LogP contribution in [-0.4, -0.2) is 29.9 Å². The minimum atomic E-state index is 0.391. The van der Waals surface area contributed by atoms with E-state index in [-0.39, 0.29) is 0 Å². The van der Waals surface area contributed by atoms with Gasteiger partial charge in [0, 0.05) is 25.0 Å². The maximum atomic E-state index is 12.9. The molecule has 5 aliphatic rings. The van der Waals surface area contributed by atoms with Crippen molar-refractivity contribution in [2.24, 2.45) is 47.2 Å². The van der Waals surface area contributed by atoms with Gasteiger partial charge < -0.3 is 10.6 Å². The molecule has 5 rings (SSSR count). The maximum Gasteiger partial charge on any atom is 0.226 e. The number of nitrogens with two attached hydrogens (primary N) is 1. The first-order valence-electron chi connectivity index (χ1n) is 8.76. The molecule has 1 saturated heterocycles. The van der Waals surface area contributed by atoms with Crippen LogP contribution in [0.3, 0.4) is 0 Å². The number of rotatable bonds is 1. The van der Waals surface area contributed by atoms with Crippen LogP contribution in [0.25, 0.3) is 0 Å². The summed E-state index contributed by atoms with van der Waals surface area (Å²) in [5.74, 6) is 5.86. The zero-order valence-corrected chi connectivity index (χ0v) is 12.2. The van der Waals surface area contributed by atoms with Crippen LogP contribution < -0.4 is 5.73 Å². The number of hydrogen-bond donors (Lipinski definition) is 1. The lowest BCUT2D eigenvalue weighted by Gasteiger charge is -2.27. The molecule has 110 valence electrons. The van der Waals surface area contributed by atoms with Crippen molar-refractivity contribution in [3.8, 4) is 0 Å². The topological polar surface area (TPSA) is 46.3 Å². The van der Waals surface area contributed by atoms with Crippen molar-refractivity contribution in [3.63, 3.8) is 0 Å². The largest absolute Gasteiger partial charge is 0.342 e. The van der Waals surface area contributed by atoms with Crippen LogP contribution in [0.1, 0.15) is 38.5 Å². The van der Waals surface area contributed by atoms with Crippen molar-refractivity contribution in [3.05, 3.63) is 0 Å².